The largest absolute Gasteiger partial charge is 0.481 e. The summed E-state index contributed by atoms with van der Waals surface area (Å²) >= 11 is 0. The smallest absolute Gasteiger partial charge is 0.305 e. The minimum atomic E-state index is -1.79. The number of halogens is 1. The van der Waals surface area contributed by atoms with Crippen LogP contribution in [0, 0.1) is 5.92 Å². The molecule has 378 valence electrons. The minimum absolute atomic E-state index is 0.0207. The molecule has 0 saturated heterocycles. The minimum Gasteiger partial charge on any atom is -0.481 e. The number of ether oxygens (including phenoxy) is 4. The third-order valence-corrected chi connectivity index (χ3v) is 8.90. The number of aryl methyl sites for hydroxylation is 1. The lowest BCUT2D eigenvalue weighted by Crippen LogP contribution is -2.60. The van der Waals surface area contributed by atoms with Crippen LogP contribution < -0.4 is 31.9 Å². The first-order valence-electron chi connectivity index (χ1n) is 21.2. The highest BCUT2D eigenvalue weighted by atomic mass is 19.1. The number of hydrogen-bond donors (Lipinski definition) is 10. The number of aliphatic carboxylic acids is 4. The van der Waals surface area contributed by atoms with E-state index in [1.54, 1.807) is 0 Å². The van der Waals surface area contributed by atoms with Gasteiger partial charge in [-0.25, -0.2) is 4.68 Å². The number of rotatable bonds is 38. The molecule has 67 heavy (non-hydrogen) atoms. The molecule has 10 N–H and O–H groups in total. The number of amides is 6. The second-order valence-corrected chi connectivity index (χ2v) is 14.9. The molecule has 1 aromatic heterocycles. The number of carbonyl (C=O) groups excluding carboxylic acids is 6. The van der Waals surface area contributed by atoms with E-state index >= 15 is 0 Å². The van der Waals surface area contributed by atoms with Crippen LogP contribution >= 0.6 is 0 Å². The Labute approximate surface area is 383 Å². The lowest BCUT2D eigenvalue weighted by Gasteiger charge is -2.28. The number of hydrogen-bond acceptors (Lipinski definition) is 16. The zero-order valence-corrected chi connectivity index (χ0v) is 37.5. The van der Waals surface area contributed by atoms with E-state index < -0.39 is 134 Å². The Morgan fingerprint density at radius 2 is 1.12 bits per heavy atom. The summed E-state index contributed by atoms with van der Waals surface area (Å²) in [6, 6.07) is -8.05. The first kappa shape index (κ1) is 58.6. The number of carboxylic acids is 4. The van der Waals surface area contributed by atoms with Crippen molar-refractivity contribution in [2.24, 2.45) is 5.92 Å². The number of nitrogens with one attached hydrogen (secondary N) is 6. The second-order valence-electron chi connectivity index (χ2n) is 14.9. The quantitative estimate of drug-likeness (QED) is 0.0291. The van der Waals surface area contributed by atoms with Gasteiger partial charge < -0.3 is 71.3 Å². The molecule has 6 amide bonds. The third kappa shape index (κ3) is 27.0. The highest BCUT2D eigenvalue weighted by molar-refractivity contribution is 5.98. The summed E-state index contributed by atoms with van der Waals surface area (Å²) in [6.45, 7) is 4.71. The molecule has 27 nitrogen and oxygen atoms in total. The molecule has 0 aliphatic heterocycles. The summed E-state index contributed by atoms with van der Waals surface area (Å²) in [5.74, 6) is -12.2. The number of nitrogens with zero attached hydrogens (tertiary/aromatic N) is 3. The topological polar surface area (TPSA) is 391 Å². The highest BCUT2D eigenvalue weighted by Crippen LogP contribution is 2.08. The molecule has 0 aliphatic carbocycles. The van der Waals surface area contributed by atoms with Gasteiger partial charge >= 0.3 is 23.9 Å². The fraction of sp³-hybridized carbons (Fsp3) is 0.692. The molecule has 0 unspecified atom stereocenters. The molecule has 5 atom stereocenters. The first-order chi connectivity index (χ1) is 31.7. The van der Waals surface area contributed by atoms with Crippen LogP contribution in [0.15, 0.2) is 6.20 Å². The normalized spacial score (nSPS) is 13.3. The van der Waals surface area contributed by atoms with Crippen molar-refractivity contribution in [2.45, 2.75) is 102 Å². The summed E-state index contributed by atoms with van der Waals surface area (Å²) < 4.78 is 34.7. The van der Waals surface area contributed by atoms with Gasteiger partial charge in [-0.05, 0) is 32.1 Å². The van der Waals surface area contributed by atoms with Crippen LogP contribution in [0.2, 0.25) is 0 Å². The van der Waals surface area contributed by atoms with E-state index in [2.05, 4.69) is 42.2 Å². The maximum Gasteiger partial charge on any atom is 0.305 e. The van der Waals surface area contributed by atoms with Gasteiger partial charge in [0.05, 0.1) is 84.5 Å². The molecule has 1 heterocycles. The van der Waals surface area contributed by atoms with Crippen molar-refractivity contribution < 1.29 is 91.7 Å². The van der Waals surface area contributed by atoms with Crippen LogP contribution in [0.4, 0.5) is 4.39 Å². The number of carboxylic acid groups (broad SMARTS) is 4. The molecule has 1 aromatic rings. The fourth-order valence-corrected chi connectivity index (χ4v) is 5.49. The predicted molar refractivity (Wildman–Crippen MR) is 224 cm³/mol. The van der Waals surface area contributed by atoms with Gasteiger partial charge in [0.25, 0.3) is 0 Å². The molecule has 0 bridgehead atoms. The van der Waals surface area contributed by atoms with Crippen molar-refractivity contribution >= 4 is 59.3 Å². The van der Waals surface area contributed by atoms with Crippen molar-refractivity contribution in [1.29, 1.82) is 0 Å². The average molecular weight is 964 g/mol. The lowest BCUT2D eigenvalue weighted by atomic mass is 10.0. The summed E-state index contributed by atoms with van der Waals surface area (Å²) in [5.41, 5.74) is 0.373. The maximum absolute atomic E-state index is 13.6. The Hall–Kier alpha value is -6.39. The van der Waals surface area contributed by atoms with E-state index in [1.807, 2.05) is 0 Å². The molecule has 1 rings (SSSR count). The number of carbonyl (C=O) groups is 10. The maximum atomic E-state index is 13.6. The summed E-state index contributed by atoms with van der Waals surface area (Å²) in [6.07, 6.45) is -1.57. The Morgan fingerprint density at radius 1 is 0.612 bits per heavy atom. The van der Waals surface area contributed by atoms with Gasteiger partial charge in [0.2, 0.25) is 35.4 Å². The van der Waals surface area contributed by atoms with Crippen LogP contribution in [-0.4, -0.2) is 191 Å². The number of aromatic nitrogens is 3. The van der Waals surface area contributed by atoms with Gasteiger partial charge in [0, 0.05) is 19.2 Å². The van der Waals surface area contributed by atoms with Gasteiger partial charge in [0.1, 0.15) is 36.8 Å². The van der Waals surface area contributed by atoms with E-state index in [1.165, 1.54) is 27.0 Å². The molecule has 28 heteroatoms. The van der Waals surface area contributed by atoms with Gasteiger partial charge in [0.15, 0.2) is 0 Å². The van der Waals surface area contributed by atoms with Crippen molar-refractivity contribution in [3.05, 3.63) is 11.9 Å². The van der Waals surface area contributed by atoms with Crippen molar-refractivity contribution in [3.63, 3.8) is 0 Å². The van der Waals surface area contributed by atoms with E-state index in [4.69, 9.17) is 24.1 Å². The monoisotopic (exact) mass is 963 g/mol. The molecular weight excluding hydrogens is 901 g/mol. The van der Waals surface area contributed by atoms with Crippen LogP contribution in [0.25, 0.3) is 0 Å². The molecule has 0 radical (unpaired) electrons. The van der Waals surface area contributed by atoms with Crippen LogP contribution in [0.1, 0.15) is 65.0 Å². The van der Waals surface area contributed by atoms with E-state index in [9.17, 15) is 67.7 Å². The van der Waals surface area contributed by atoms with E-state index in [0.717, 1.165) is 4.68 Å². The first-order valence-corrected chi connectivity index (χ1v) is 21.2. The molecular formula is C39H62FN9O18. The Morgan fingerprint density at radius 3 is 1.66 bits per heavy atom. The summed E-state index contributed by atoms with van der Waals surface area (Å²) in [7, 11) is 0. The zero-order chi connectivity index (χ0) is 50.3. The molecule has 0 spiro atoms. The molecule has 0 saturated carbocycles. The van der Waals surface area contributed by atoms with Crippen molar-refractivity contribution in [2.75, 3.05) is 66.1 Å². The molecule has 0 fully saturated rings. The predicted octanol–water partition coefficient (Wildman–Crippen LogP) is -3.25. The van der Waals surface area contributed by atoms with Crippen LogP contribution in [0.5, 0.6) is 0 Å². The van der Waals surface area contributed by atoms with Crippen molar-refractivity contribution in [3.8, 4) is 0 Å². The van der Waals surface area contributed by atoms with Gasteiger partial charge in [-0.15, -0.1) is 5.10 Å². The van der Waals surface area contributed by atoms with Crippen LogP contribution in [0.3, 0.4) is 0 Å². The van der Waals surface area contributed by atoms with Gasteiger partial charge in [-0.2, -0.15) is 0 Å². The van der Waals surface area contributed by atoms with Gasteiger partial charge in [-0.1, -0.05) is 19.1 Å². The third-order valence-electron chi connectivity index (χ3n) is 8.90. The summed E-state index contributed by atoms with van der Waals surface area (Å²) in [5, 5.41) is 58.2. The van der Waals surface area contributed by atoms with E-state index in [-0.39, 0.29) is 78.7 Å². The molecule has 0 aromatic carbocycles. The zero-order valence-electron chi connectivity index (χ0n) is 37.5. The van der Waals surface area contributed by atoms with E-state index in [0.29, 0.717) is 5.69 Å². The second kappa shape index (κ2) is 33.1. The van der Waals surface area contributed by atoms with Crippen molar-refractivity contribution in [1.82, 2.24) is 46.9 Å². The Kier molecular flexibility index (Phi) is 29.0. The lowest BCUT2D eigenvalue weighted by molar-refractivity contribution is -0.142. The highest BCUT2D eigenvalue weighted by Gasteiger charge is 2.34. The Bertz CT molecular complexity index is 1780. The molecule has 0 aliphatic rings. The standard InChI is InChI=1S/C39H62FN9O18/c1-23(2)34(46-36(60)26(6-7-30(51)52)44-38(62)27(19-32(55)56)43-29(50)22-49-21-25(47-48-49)5-4-9-40)39(63)45-28(20-33(57)58)37(61)42-24(3)35(59)41-10-12-65-14-16-67-18-17-66-15-13-64-11-8-31(53)54/h21,23-24,26-28,34H,4-20,22H2,1-3H3,(H,41,59)(H,42,61)(H,43,50)(H,44,62)(H,45,63)(H,46,60)(H,51,52)(H,53,54)(H,55,56)(H,57,58)/t24-,26+,27+,28+,34+/m1/s1. The average Bonchev–Trinajstić information content (AvgIpc) is 3.69. The number of alkyl halides is 1. The van der Waals surface area contributed by atoms with Gasteiger partial charge in [-0.3, -0.25) is 52.3 Å². The van der Waals surface area contributed by atoms with Crippen LogP contribution in [-0.2, 0) is 79.9 Å². The Balaban J connectivity index is 2.81. The summed E-state index contributed by atoms with van der Waals surface area (Å²) in [4.78, 5) is 124. The SMILES string of the molecule is CC(C)[C@H](NC(=O)[C@H](CCC(=O)O)NC(=O)[C@H](CC(=O)O)NC(=O)Cn1cc(CCCF)nn1)C(=O)N[C@@H](CC(=O)O)C(=O)N[C@H](C)C(=O)NCCOCCOCCOCCOCCC(=O)O. The fourth-order valence-electron chi connectivity index (χ4n) is 5.49.